The summed E-state index contributed by atoms with van der Waals surface area (Å²) in [6.45, 7) is 0. The second-order valence-corrected chi connectivity index (χ2v) is 5.62. The molecule has 100 valence electrons. The quantitative estimate of drug-likeness (QED) is 0.740. The van der Waals surface area contributed by atoms with Gasteiger partial charge >= 0.3 is 0 Å². The molecule has 3 atom stereocenters. The van der Waals surface area contributed by atoms with E-state index in [1.165, 1.54) is 11.1 Å². The lowest BCUT2D eigenvalue weighted by Gasteiger charge is -2.37. The van der Waals surface area contributed by atoms with Gasteiger partial charge in [-0.3, -0.25) is 0 Å². The lowest BCUT2D eigenvalue weighted by atomic mass is 9.77. The minimum absolute atomic E-state index is 0.177. The van der Waals surface area contributed by atoms with E-state index in [2.05, 4.69) is 41.7 Å². The van der Waals surface area contributed by atoms with Crippen molar-refractivity contribution in [1.82, 2.24) is 0 Å². The monoisotopic (exact) mass is 265 g/mol. The summed E-state index contributed by atoms with van der Waals surface area (Å²) < 4.78 is 13.5. The van der Waals surface area contributed by atoms with Gasteiger partial charge in [-0.2, -0.15) is 0 Å². The number of rotatable bonds is 1. The number of hydrogen-bond donors (Lipinski definition) is 1. The van der Waals surface area contributed by atoms with Crippen molar-refractivity contribution < 1.29 is 4.39 Å². The number of fused-ring (bicyclic) bond motifs is 3. The second-order valence-electron chi connectivity index (χ2n) is 5.62. The van der Waals surface area contributed by atoms with Crippen LogP contribution in [0.3, 0.4) is 0 Å². The lowest BCUT2D eigenvalue weighted by molar-refractivity contribution is 0.424. The van der Waals surface area contributed by atoms with Crippen molar-refractivity contribution in [3.8, 4) is 0 Å². The predicted molar refractivity (Wildman–Crippen MR) is 79.2 cm³/mol. The van der Waals surface area contributed by atoms with Crippen molar-refractivity contribution in [2.24, 2.45) is 5.92 Å². The molecule has 1 nitrogen and oxygen atoms in total. The minimum Gasteiger partial charge on any atom is -0.378 e. The van der Waals surface area contributed by atoms with Crippen LogP contribution < -0.4 is 5.32 Å². The summed E-state index contributed by atoms with van der Waals surface area (Å²) in [5.41, 5.74) is 3.44. The van der Waals surface area contributed by atoms with E-state index in [4.69, 9.17) is 0 Å². The van der Waals surface area contributed by atoms with Crippen LogP contribution in [0.2, 0.25) is 0 Å². The van der Waals surface area contributed by atoms with Crippen LogP contribution in [0.25, 0.3) is 0 Å². The molecule has 0 unspecified atom stereocenters. The average molecular weight is 265 g/mol. The van der Waals surface area contributed by atoms with Gasteiger partial charge in [-0.15, -0.1) is 0 Å². The smallest absolute Gasteiger partial charge is 0.125 e. The highest BCUT2D eigenvalue weighted by atomic mass is 19.1. The second kappa shape index (κ2) is 4.48. The van der Waals surface area contributed by atoms with Crippen LogP contribution in [-0.2, 0) is 0 Å². The van der Waals surface area contributed by atoms with Gasteiger partial charge in [-0.1, -0.05) is 48.6 Å². The van der Waals surface area contributed by atoms with E-state index in [0.717, 1.165) is 12.1 Å². The number of anilines is 1. The minimum atomic E-state index is -0.177. The molecule has 0 spiro atoms. The fourth-order valence-corrected chi connectivity index (χ4v) is 3.56. The van der Waals surface area contributed by atoms with Crippen molar-refractivity contribution in [2.75, 3.05) is 5.32 Å². The van der Waals surface area contributed by atoms with Crippen LogP contribution in [0.4, 0.5) is 10.1 Å². The number of hydrogen-bond acceptors (Lipinski definition) is 1. The molecule has 0 bridgehead atoms. The van der Waals surface area contributed by atoms with Crippen LogP contribution in [0.1, 0.15) is 29.5 Å². The molecule has 1 aliphatic heterocycles. The van der Waals surface area contributed by atoms with Gasteiger partial charge in [0.25, 0.3) is 0 Å². The van der Waals surface area contributed by atoms with Gasteiger partial charge in [-0.25, -0.2) is 4.39 Å². The van der Waals surface area contributed by atoms with Gasteiger partial charge < -0.3 is 5.32 Å². The van der Waals surface area contributed by atoms with E-state index in [1.807, 2.05) is 12.1 Å². The first kappa shape index (κ1) is 11.7. The fraction of sp³-hybridized carbons (Fsp3) is 0.222. The Morgan fingerprint density at radius 3 is 2.75 bits per heavy atom. The summed E-state index contributed by atoms with van der Waals surface area (Å²) in [5.74, 6) is 0.746. The molecule has 2 aromatic carbocycles. The molecular formula is C18H16FN. The number of allylic oxidation sites excluding steroid dienone is 2. The van der Waals surface area contributed by atoms with Gasteiger partial charge in [0.1, 0.15) is 5.82 Å². The third-order valence-electron chi connectivity index (χ3n) is 4.49. The highest BCUT2D eigenvalue weighted by Gasteiger charge is 2.37. The summed E-state index contributed by atoms with van der Waals surface area (Å²) in [6, 6.07) is 15.8. The van der Waals surface area contributed by atoms with Crippen molar-refractivity contribution in [3.63, 3.8) is 0 Å². The first-order valence-corrected chi connectivity index (χ1v) is 7.10. The average Bonchev–Trinajstić information content (AvgIpc) is 2.96. The van der Waals surface area contributed by atoms with E-state index >= 15 is 0 Å². The molecule has 1 heterocycles. The molecular weight excluding hydrogens is 249 g/mol. The Morgan fingerprint density at radius 2 is 1.90 bits per heavy atom. The molecule has 1 aliphatic carbocycles. The summed E-state index contributed by atoms with van der Waals surface area (Å²) in [5, 5.41) is 3.55. The van der Waals surface area contributed by atoms with Gasteiger partial charge in [0.05, 0.1) is 6.04 Å². The van der Waals surface area contributed by atoms with Gasteiger partial charge in [-0.05, 0) is 35.6 Å². The lowest BCUT2D eigenvalue weighted by Crippen LogP contribution is -2.29. The highest BCUT2D eigenvalue weighted by molar-refractivity contribution is 5.59. The highest BCUT2D eigenvalue weighted by Crippen LogP contribution is 2.49. The van der Waals surface area contributed by atoms with Crippen molar-refractivity contribution in [3.05, 3.63) is 77.6 Å². The van der Waals surface area contributed by atoms with Crippen LogP contribution in [0, 0.1) is 11.7 Å². The molecule has 2 aromatic rings. The Kier molecular flexibility index (Phi) is 2.62. The molecule has 4 rings (SSSR count). The Balaban J connectivity index is 1.81. The largest absolute Gasteiger partial charge is 0.378 e. The summed E-state index contributed by atoms with van der Waals surface area (Å²) in [4.78, 5) is 0. The van der Waals surface area contributed by atoms with Crippen LogP contribution >= 0.6 is 0 Å². The molecule has 0 saturated heterocycles. The van der Waals surface area contributed by atoms with Crippen molar-refractivity contribution in [2.45, 2.75) is 18.4 Å². The molecule has 20 heavy (non-hydrogen) atoms. The Morgan fingerprint density at radius 1 is 1.05 bits per heavy atom. The maximum Gasteiger partial charge on any atom is 0.125 e. The van der Waals surface area contributed by atoms with Crippen molar-refractivity contribution >= 4 is 5.69 Å². The third kappa shape index (κ3) is 1.75. The molecule has 0 radical (unpaired) electrons. The van der Waals surface area contributed by atoms with Gasteiger partial charge in [0.15, 0.2) is 0 Å². The maximum absolute atomic E-state index is 13.5. The normalized spacial score (nSPS) is 26.8. The zero-order valence-corrected chi connectivity index (χ0v) is 11.1. The van der Waals surface area contributed by atoms with E-state index in [-0.39, 0.29) is 11.9 Å². The molecule has 0 amide bonds. The Bertz CT molecular complexity index is 662. The van der Waals surface area contributed by atoms with E-state index in [0.29, 0.717) is 11.8 Å². The molecule has 0 fully saturated rings. The zero-order valence-electron chi connectivity index (χ0n) is 11.1. The molecule has 2 heteroatoms. The first-order valence-electron chi connectivity index (χ1n) is 7.10. The third-order valence-corrected chi connectivity index (χ3v) is 4.49. The number of benzene rings is 2. The predicted octanol–water partition coefficient (Wildman–Crippen LogP) is 4.65. The van der Waals surface area contributed by atoms with Crippen LogP contribution in [-0.4, -0.2) is 0 Å². The SMILES string of the molecule is Fc1ccc2c(c1)N[C@H](c1ccccc1)[C@@H]1CC=C[C@H]21. The van der Waals surface area contributed by atoms with Crippen molar-refractivity contribution in [1.29, 1.82) is 0 Å². The number of nitrogens with one attached hydrogen (secondary N) is 1. The summed E-state index contributed by atoms with van der Waals surface area (Å²) >= 11 is 0. The molecule has 0 aromatic heterocycles. The topological polar surface area (TPSA) is 12.0 Å². The maximum atomic E-state index is 13.5. The molecule has 0 saturated carbocycles. The standard InChI is InChI=1S/C18H16FN/c19-13-9-10-15-14-7-4-8-16(14)18(20-17(15)11-13)12-5-2-1-3-6-12/h1-7,9-11,14,16,18,20H,8H2/t14-,16-,18-/m1/s1. The fourth-order valence-electron chi connectivity index (χ4n) is 3.56. The van der Waals surface area contributed by atoms with E-state index in [1.54, 1.807) is 12.1 Å². The summed E-state index contributed by atoms with van der Waals surface area (Å²) in [6.07, 6.45) is 5.61. The summed E-state index contributed by atoms with van der Waals surface area (Å²) in [7, 11) is 0. The Hall–Kier alpha value is -2.09. The van der Waals surface area contributed by atoms with Crippen LogP contribution in [0.5, 0.6) is 0 Å². The van der Waals surface area contributed by atoms with Gasteiger partial charge in [0.2, 0.25) is 0 Å². The first-order chi connectivity index (χ1) is 9.83. The van der Waals surface area contributed by atoms with Crippen LogP contribution in [0.15, 0.2) is 60.7 Å². The Labute approximate surface area is 118 Å². The number of halogens is 1. The van der Waals surface area contributed by atoms with Gasteiger partial charge in [0, 0.05) is 11.6 Å². The van der Waals surface area contributed by atoms with E-state index < -0.39 is 0 Å². The zero-order chi connectivity index (χ0) is 13.5. The van der Waals surface area contributed by atoms with E-state index in [9.17, 15) is 4.39 Å². The molecule has 2 aliphatic rings. The molecule has 1 N–H and O–H groups in total.